The molecule has 0 N–H and O–H groups in total. The lowest BCUT2D eigenvalue weighted by Gasteiger charge is -2.22. The van der Waals surface area contributed by atoms with E-state index in [0.29, 0.717) is 9.13 Å². The molecule has 0 fully saturated rings. The number of nitrogens with zero attached hydrogens (tertiary/aromatic N) is 1. The number of carbonyl (C=O) groups excluding carboxylic acids is 2. The summed E-state index contributed by atoms with van der Waals surface area (Å²) in [5.41, 5.74) is 1.65. The Kier molecular flexibility index (Phi) is 14.2. The van der Waals surface area contributed by atoms with Gasteiger partial charge in [0.15, 0.2) is 0 Å². The normalized spacial score (nSPS) is 12.7. The van der Waals surface area contributed by atoms with Gasteiger partial charge in [0.1, 0.15) is 5.69 Å². The van der Waals surface area contributed by atoms with Crippen molar-refractivity contribution in [3.8, 4) is 0 Å². The number of benzene rings is 2. The van der Waals surface area contributed by atoms with Crippen LogP contribution in [0.25, 0.3) is 0 Å². The molecule has 0 aliphatic carbocycles. The molecule has 15 heteroatoms. The smallest absolute Gasteiger partial charge is 0.426 e. The zero-order chi connectivity index (χ0) is 29.3. The molecule has 0 heterocycles. The van der Waals surface area contributed by atoms with Crippen molar-refractivity contribution in [3.63, 3.8) is 0 Å². The minimum absolute atomic E-state index is 0.142. The molecule has 1 atom stereocenters. The van der Waals surface area contributed by atoms with Crippen LogP contribution in [0.3, 0.4) is 0 Å². The van der Waals surface area contributed by atoms with Crippen molar-refractivity contribution in [2.75, 3.05) is 33.5 Å². The third-order valence-electron chi connectivity index (χ3n) is 4.50. The molecule has 2 aromatic rings. The lowest BCUT2D eigenvalue weighted by Crippen LogP contribution is -2.39. The van der Waals surface area contributed by atoms with Gasteiger partial charge in [-0.05, 0) is 98.5 Å². The van der Waals surface area contributed by atoms with Crippen molar-refractivity contribution in [2.45, 2.75) is 25.1 Å². The van der Waals surface area contributed by atoms with Gasteiger partial charge in [-0.15, -0.1) is 0 Å². The van der Waals surface area contributed by atoms with E-state index in [9.17, 15) is 35.7 Å². The molecule has 0 bridgehead atoms. The highest BCUT2D eigenvalue weighted by Crippen LogP contribution is 2.25. The van der Waals surface area contributed by atoms with Crippen molar-refractivity contribution < 1.29 is 45.2 Å². The van der Waals surface area contributed by atoms with Crippen molar-refractivity contribution in [3.05, 3.63) is 58.7 Å². The molecule has 2 aromatic carbocycles. The topological polar surface area (TPSA) is 110 Å². The molecule has 0 amide bonds. The molecule has 2 rings (SSSR count). The minimum Gasteiger partial charge on any atom is -0.748 e. The fourth-order valence-electron chi connectivity index (χ4n) is 2.64. The first-order valence-corrected chi connectivity index (χ1v) is 15.5. The van der Waals surface area contributed by atoms with Gasteiger partial charge >= 0.3 is 18.1 Å². The molecule has 8 nitrogen and oxygen atoms in total. The Morgan fingerprint density at radius 3 is 2.11 bits per heavy atom. The summed E-state index contributed by atoms with van der Waals surface area (Å²) in [6, 6.07) is 13.9. The molecule has 0 spiro atoms. The molecule has 0 saturated carbocycles. The summed E-state index contributed by atoms with van der Waals surface area (Å²) in [6.45, 7) is -0.261. The number of rotatable bonds is 9. The Labute approximate surface area is 260 Å². The Morgan fingerprint density at radius 2 is 1.63 bits per heavy atom. The van der Waals surface area contributed by atoms with Crippen molar-refractivity contribution in [1.82, 2.24) is 4.48 Å². The zero-order valence-electron chi connectivity index (χ0n) is 20.4. The van der Waals surface area contributed by atoms with E-state index in [2.05, 4.69) is 72.7 Å². The van der Waals surface area contributed by atoms with Crippen LogP contribution in [0.2, 0.25) is 0 Å². The van der Waals surface area contributed by atoms with Gasteiger partial charge in [0.05, 0.1) is 49.2 Å². The van der Waals surface area contributed by atoms with E-state index in [-0.39, 0.29) is 13.0 Å². The fraction of sp³-hybridized carbons (Fsp3) is 0.391. The predicted molar refractivity (Wildman–Crippen MR) is 161 cm³/mol. The van der Waals surface area contributed by atoms with Gasteiger partial charge in [-0.3, -0.25) is 9.28 Å². The molecular weight excluding hydrogens is 872 g/mol. The largest absolute Gasteiger partial charge is 0.748 e. The van der Waals surface area contributed by atoms with Crippen LogP contribution in [0.1, 0.15) is 23.2 Å². The molecule has 0 aliphatic heterocycles. The van der Waals surface area contributed by atoms with E-state index < -0.39 is 46.5 Å². The van der Waals surface area contributed by atoms with Gasteiger partial charge in [0.2, 0.25) is 6.10 Å². The number of alkyl halides is 3. The number of esters is 2. The van der Waals surface area contributed by atoms with Crippen LogP contribution in [0.4, 0.5) is 18.9 Å². The summed E-state index contributed by atoms with van der Waals surface area (Å²) in [5, 5.41) is 0. The van der Waals surface area contributed by atoms with Crippen molar-refractivity contribution >= 4 is 95.5 Å². The average molecular weight is 897 g/mol. The molecule has 0 aromatic heterocycles. The number of halogens is 6. The first kappa shape index (κ1) is 35.3. The van der Waals surface area contributed by atoms with E-state index in [4.69, 9.17) is 4.74 Å². The number of hydrogen-bond acceptors (Lipinski definition) is 7. The molecule has 0 saturated heterocycles. The van der Waals surface area contributed by atoms with E-state index in [1.807, 2.05) is 57.3 Å². The number of carbonyl (C=O) groups is 2. The van der Waals surface area contributed by atoms with Gasteiger partial charge < -0.3 is 14.0 Å². The number of hydrogen-bond donors (Lipinski definition) is 0. The second-order valence-corrected chi connectivity index (χ2v) is 13.5. The maximum atomic E-state index is 12.6. The third-order valence-corrected chi connectivity index (χ3v) is 8.88. The van der Waals surface area contributed by atoms with Gasteiger partial charge in [-0.1, -0.05) is 18.2 Å². The Balaban J connectivity index is 0.000000600. The standard InChI is InChI=1S/C14H12F3I3O7S.C9H14N/c15-14(16,17)10(6-28(23,24)25)27-11(21)2-1-3-26-13(22)8-4-7(18)5-9(19)12(8)20;1-10(2,3)9-7-5-4-6-8-9/h4-5,10H,1-3,6H2,(H,23,24,25);4-8H,1-3H3/q;+1/p-1. The molecule has 38 heavy (non-hydrogen) atoms. The monoisotopic (exact) mass is 897 g/mol. The van der Waals surface area contributed by atoms with E-state index >= 15 is 0 Å². The van der Waals surface area contributed by atoms with Gasteiger partial charge in [0, 0.05) is 17.1 Å². The Bertz CT molecular complexity index is 1210. The molecule has 0 aliphatic rings. The highest BCUT2D eigenvalue weighted by atomic mass is 127. The van der Waals surface area contributed by atoms with Gasteiger partial charge in [-0.2, -0.15) is 13.2 Å². The quantitative estimate of drug-likeness (QED) is 0.0836. The second-order valence-electron chi connectivity index (χ2n) is 8.58. The maximum Gasteiger partial charge on any atom is 0.426 e. The maximum absolute atomic E-state index is 12.6. The summed E-state index contributed by atoms with van der Waals surface area (Å²) in [7, 11) is 1.24. The fourth-order valence-corrected chi connectivity index (χ4v) is 5.64. The predicted octanol–water partition coefficient (Wildman–Crippen LogP) is 5.34. The number of ether oxygens (including phenoxy) is 2. The average Bonchev–Trinajstić information content (AvgIpc) is 2.77. The first-order chi connectivity index (χ1) is 17.3. The minimum atomic E-state index is -5.25. The SMILES string of the molecule is C[N+](C)(C)c1ccccc1.O=C(CCCOC(=O)c1cc(I)cc(I)c1I)OC(CS(=O)(=O)[O-])C(F)(F)F. The van der Waals surface area contributed by atoms with Gasteiger partial charge in [0.25, 0.3) is 0 Å². The van der Waals surface area contributed by atoms with Crippen molar-refractivity contribution in [2.24, 2.45) is 0 Å². The Hall–Kier alpha value is -0.770. The van der Waals surface area contributed by atoms with Crippen LogP contribution in [0.5, 0.6) is 0 Å². The molecule has 0 radical (unpaired) electrons. The lowest BCUT2D eigenvalue weighted by atomic mass is 10.2. The zero-order valence-corrected chi connectivity index (χ0v) is 27.7. The number of para-hydroxylation sites is 1. The van der Waals surface area contributed by atoms with Crippen LogP contribution in [-0.2, 0) is 24.4 Å². The summed E-state index contributed by atoms with van der Waals surface area (Å²) in [4.78, 5) is 23.6. The highest BCUT2D eigenvalue weighted by Gasteiger charge is 2.44. The number of quaternary nitrogens is 1. The third kappa shape index (κ3) is 13.5. The first-order valence-electron chi connectivity index (χ1n) is 10.7. The van der Waals surface area contributed by atoms with E-state index in [1.165, 1.54) is 5.69 Å². The van der Waals surface area contributed by atoms with Crippen LogP contribution in [0, 0.1) is 10.7 Å². The molecule has 212 valence electrons. The Morgan fingerprint density at radius 1 is 1.05 bits per heavy atom. The molecule has 1 unspecified atom stereocenters. The summed E-state index contributed by atoms with van der Waals surface area (Å²) in [5.74, 6) is -3.92. The van der Waals surface area contributed by atoms with Crippen LogP contribution >= 0.6 is 67.8 Å². The highest BCUT2D eigenvalue weighted by molar-refractivity contribution is 14.1. The summed E-state index contributed by atoms with van der Waals surface area (Å²) in [6.07, 6.45) is -8.94. The van der Waals surface area contributed by atoms with E-state index in [0.717, 1.165) is 11.6 Å². The lowest BCUT2D eigenvalue weighted by molar-refractivity contribution is -0.215. The van der Waals surface area contributed by atoms with Crippen LogP contribution in [-0.4, -0.2) is 70.7 Å². The van der Waals surface area contributed by atoms with E-state index in [1.54, 1.807) is 6.07 Å². The van der Waals surface area contributed by atoms with Crippen LogP contribution < -0.4 is 4.48 Å². The second kappa shape index (κ2) is 15.3. The summed E-state index contributed by atoms with van der Waals surface area (Å²) < 4.78 is 81.7. The summed E-state index contributed by atoms with van der Waals surface area (Å²) >= 11 is 6.05. The molecular formula is C23H25F3I3NO7S. The van der Waals surface area contributed by atoms with Crippen LogP contribution in [0.15, 0.2) is 42.5 Å². The van der Waals surface area contributed by atoms with Gasteiger partial charge in [-0.25, -0.2) is 13.2 Å². The van der Waals surface area contributed by atoms with Crippen molar-refractivity contribution in [1.29, 1.82) is 0 Å².